The van der Waals surface area contributed by atoms with Gasteiger partial charge in [-0.05, 0) is 43.2 Å². The molecule has 0 aliphatic carbocycles. The highest BCUT2D eigenvalue weighted by Crippen LogP contribution is 2.23. The second-order valence-electron chi connectivity index (χ2n) is 6.58. The van der Waals surface area contributed by atoms with E-state index in [1.54, 1.807) is 36.4 Å². The third-order valence-corrected chi connectivity index (χ3v) is 6.49. The van der Waals surface area contributed by atoms with Crippen LogP contribution < -0.4 is 10.6 Å². The molecular weight excluding hydrogens is 394 g/mol. The average molecular weight is 417 g/mol. The second kappa shape index (κ2) is 9.06. The highest BCUT2D eigenvalue weighted by atomic mass is 32.2. The Morgan fingerprint density at radius 3 is 2.52 bits per heavy atom. The van der Waals surface area contributed by atoms with Gasteiger partial charge < -0.3 is 15.4 Å². The van der Waals surface area contributed by atoms with Crippen LogP contribution in [0.25, 0.3) is 0 Å². The van der Waals surface area contributed by atoms with Crippen molar-refractivity contribution < 1.29 is 22.7 Å². The number of sulfonamides is 1. The number of hydrogen-bond acceptors (Lipinski definition) is 6. The van der Waals surface area contributed by atoms with Gasteiger partial charge in [0, 0.05) is 24.5 Å². The number of esters is 1. The zero-order chi connectivity index (χ0) is 20.9. The van der Waals surface area contributed by atoms with Crippen LogP contribution in [0.5, 0.6) is 0 Å². The zero-order valence-electron chi connectivity index (χ0n) is 16.1. The van der Waals surface area contributed by atoms with Crippen LogP contribution >= 0.6 is 0 Å². The fourth-order valence-electron chi connectivity index (χ4n) is 3.12. The van der Waals surface area contributed by atoms with E-state index in [-0.39, 0.29) is 17.3 Å². The molecule has 0 bridgehead atoms. The van der Waals surface area contributed by atoms with Gasteiger partial charge >= 0.3 is 5.97 Å². The van der Waals surface area contributed by atoms with Crippen molar-refractivity contribution in [1.29, 1.82) is 0 Å². The number of carbonyl (C=O) groups excluding carboxylic acids is 2. The molecule has 0 unspecified atom stereocenters. The Labute approximate surface area is 169 Å². The zero-order valence-corrected chi connectivity index (χ0v) is 16.9. The molecule has 29 heavy (non-hydrogen) atoms. The summed E-state index contributed by atoms with van der Waals surface area (Å²) < 4.78 is 31.5. The summed E-state index contributed by atoms with van der Waals surface area (Å²) in [5, 5.41) is 5.58. The molecule has 3 rings (SSSR count). The number of nitrogens with one attached hydrogen (secondary N) is 2. The number of carbonyl (C=O) groups is 2. The van der Waals surface area contributed by atoms with Crippen molar-refractivity contribution in [2.24, 2.45) is 0 Å². The maximum absolute atomic E-state index is 12.7. The Morgan fingerprint density at radius 1 is 1.07 bits per heavy atom. The number of para-hydroxylation sites is 1. The molecule has 1 aliphatic rings. The van der Waals surface area contributed by atoms with Crippen molar-refractivity contribution in [1.82, 2.24) is 4.31 Å². The van der Waals surface area contributed by atoms with Crippen molar-refractivity contribution in [2.75, 3.05) is 37.4 Å². The standard InChI is InChI=1S/C20H23N3O5S/c1-28-20(25)17-9-2-3-10-18(17)21-14-19(24)22-15-7-6-8-16(13-15)29(26,27)23-11-4-5-12-23/h2-3,6-10,13,21H,4-5,11-12,14H2,1H3,(H,22,24). The van der Waals surface area contributed by atoms with E-state index in [4.69, 9.17) is 4.74 Å². The van der Waals surface area contributed by atoms with Crippen LogP contribution in [0.1, 0.15) is 23.2 Å². The lowest BCUT2D eigenvalue weighted by Crippen LogP contribution is -2.28. The molecule has 2 N–H and O–H groups in total. The first-order chi connectivity index (χ1) is 13.9. The first-order valence-corrected chi connectivity index (χ1v) is 10.7. The predicted molar refractivity (Wildman–Crippen MR) is 109 cm³/mol. The Hall–Kier alpha value is -2.91. The molecule has 2 aromatic carbocycles. The normalized spacial score (nSPS) is 14.4. The van der Waals surface area contributed by atoms with E-state index in [9.17, 15) is 18.0 Å². The first kappa shape index (κ1) is 20.8. The summed E-state index contributed by atoms with van der Waals surface area (Å²) >= 11 is 0. The Morgan fingerprint density at radius 2 is 1.79 bits per heavy atom. The largest absolute Gasteiger partial charge is 0.465 e. The van der Waals surface area contributed by atoms with Crippen molar-refractivity contribution >= 4 is 33.3 Å². The Kier molecular flexibility index (Phi) is 6.50. The van der Waals surface area contributed by atoms with Gasteiger partial charge in [0.1, 0.15) is 0 Å². The van der Waals surface area contributed by atoms with Gasteiger partial charge in [-0.25, -0.2) is 13.2 Å². The maximum atomic E-state index is 12.7. The van der Waals surface area contributed by atoms with Crippen LogP contribution in [0.4, 0.5) is 11.4 Å². The van der Waals surface area contributed by atoms with Gasteiger partial charge in [0.2, 0.25) is 15.9 Å². The maximum Gasteiger partial charge on any atom is 0.339 e. The molecule has 1 aliphatic heterocycles. The van der Waals surface area contributed by atoms with Crippen LogP contribution in [-0.4, -0.2) is 51.3 Å². The molecule has 1 amide bonds. The number of nitrogens with zero attached hydrogens (tertiary/aromatic N) is 1. The third kappa shape index (κ3) is 4.93. The number of hydrogen-bond donors (Lipinski definition) is 2. The fourth-order valence-corrected chi connectivity index (χ4v) is 4.68. The summed E-state index contributed by atoms with van der Waals surface area (Å²) in [4.78, 5) is 24.2. The van der Waals surface area contributed by atoms with Crippen molar-refractivity contribution in [2.45, 2.75) is 17.7 Å². The van der Waals surface area contributed by atoms with E-state index in [0.717, 1.165) is 12.8 Å². The first-order valence-electron chi connectivity index (χ1n) is 9.23. The molecule has 1 heterocycles. The minimum absolute atomic E-state index is 0.100. The summed E-state index contributed by atoms with van der Waals surface area (Å²) in [6.07, 6.45) is 1.71. The fraction of sp³-hybridized carbons (Fsp3) is 0.300. The molecule has 0 atom stereocenters. The molecule has 0 radical (unpaired) electrons. The highest BCUT2D eigenvalue weighted by molar-refractivity contribution is 7.89. The van der Waals surface area contributed by atoms with Crippen molar-refractivity contribution in [3.05, 3.63) is 54.1 Å². The Balaban J connectivity index is 1.66. The summed E-state index contributed by atoms with van der Waals surface area (Å²) in [6.45, 7) is 0.933. The monoisotopic (exact) mass is 417 g/mol. The van der Waals surface area contributed by atoms with Gasteiger partial charge in [0.25, 0.3) is 0 Å². The van der Waals surface area contributed by atoms with Crippen LogP contribution in [0.15, 0.2) is 53.4 Å². The molecule has 1 saturated heterocycles. The molecule has 2 aromatic rings. The predicted octanol–water partition coefficient (Wildman–Crippen LogP) is 2.31. The SMILES string of the molecule is COC(=O)c1ccccc1NCC(=O)Nc1cccc(S(=O)(=O)N2CCCC2)c1. The van der Waals surface area contributed by atoms with E-state index in [0.29, 0.717) is 30.0 Å². The van der Waals surface area contributed by atoms with Crippen LogP contribution in [0.2, 0.25) is 0 Å². The summed E-state index contributed by atoms with van der Waals surface area (Å²) in [7, 11) is -2.27. The minimum atomic E-state index is -3.56. The van der Waals surface area contributed by atoms with Gasteiger partial charge in [-0.2, -0.15) is 4.31 Å². The van der Waals surface area contributed by atoms with E-state index in [1.807, 2.05) is 0 Å². The van der Waals surface area contributed by atoms with Gasteiger partial charge in [-0.15, -0.1) is 0 Å². The van der Waals surface area contributed by atoms with Gasteiger partial charge in [0.15, 0.2) is 0 Å². The third-order valence-electron chi connectivity index (χ3n) is 4.59. The van der Waals surface area contributed by atoms with Crippen LogP contribution in [-0.2, 0) is 19.6 Å². The molecule has 9 heteroatoms. The number of methoxy groups -OCH3 is 1. The molecule has 8 nitrogen and oxygen atoms in total. The lowest BCUT2D eigenvalue weighted by atomic mass is 10.2. The average Bonchev–Trinajstić information content (AvgIpc) is 3.28. The number of rotatable bonds is 7. The molecule has 154 valence electrons. The van der Waals surface area contributed by atoms with Crippen LogP contribution in [0, 0.1) is 0 Å². The Bertz CT molecular complexity index is 1000. The van der Waals surface area contributed by atoms with E-state index < -0.39 is 16.0 Å². The van der Waals surface area contributed by atoms with Gasteiger partial charge in [-0.1, -0.05) is 18.2 Å². The van der Waals surface area contributed by atoms with E-state index >= 15 is 0 Å². The lowest BCUT2D eigenvalue weighted by Gasteiger charge is -2.16. The number of amides is 1. The minimum Gasteiger partial charge on any atom is -0.465 e. The van der Waals surface area contributed by atoms with Crippen LogP contribution in [0.3, 0.4) is 0 Å². The quantitative estimate of drug-likeness (QED) is 0.670. The van der Waals surface area contributed by atoms with Gasteiger partial charge in [0.05, 0.1) is 24.1 Å². The molecule has 0 saturated carbocycles. The smallest absolute Gasteiger partial charge is 0.339 e. The summed E-state index contributed by atoms with van der Waals surface area (Å²) in [6, 6.07) is 12.9. The van der Waals surface area contributed by atoms with Crippen molar-refractivity contribution in [3.8, 4) is 0 Å². The highest BCUT2D eigenvalue weighted by Gasteiger charge is 2.27. The lowest BCUT2D eigenvalue weighted by molar-refractivity contribution is -0.114. The molecular formula is C20H23N3O5S. The summed E-state index contributed by atoms with van der Waals surface area (Å²) in [5.41, 5.74) is 1.18. The summed E-state index contributed by atoms with van der Waals surface area (Å²) in [5.74, 6) is -0.881. The topological polar surface area (TPSA) is 105 Å². The molecule has 0 aromatic heterocycles. The second-order valence-corrected chi connectivity index (χ2v) is 8.52. The molecule has 0 spiro atoms. The number of anilines is 2. The van der Waals surface area contributed by atoms with Crippen molar-refractivity contribution in [3.63, 3.8) is 0 Å². The number of ether oxygens (including phenoxy) is 1. The number of benzene rings is 2. The van der Waals surface area contributed by atoms with Gasteiger partial charge in [-0.3, -0.25) is 4.79 Å². The van der Waals surface area contributed by atoms with E-state index in [2.05, 4.69) is 10.6 Å². The van der Waals surface area contributed by atoms with E-state index in [1.165, 1.54) is 23.5 Å². The molecule has 1 fully saturated rings.